The minimum absolute atomic E-state index is 0.132. The summed E-state index contributed by atoms with van der Waals surface area (Å²) in [6, 6.07) is 4.97. The molecule has 1 heterocycles. The van der Waals surface area contributed by atoms with Gasteiger partial charge in [-0.25, -0.2) is 0 Å². The van der Waals surface area contributed by atoms with Crippen molar-refractivity contribution < 1.29 is 23.1 Å². The van der Waals surface area contributed by atoms with Gasteiger partial charge in [-0.05, 0) is 37.6 Å². The Kier molecular flexibility index (Phi) is 4.04. The maximum absolute atomic E-state index is 13.0. The molecule has 1 aliphatic rings. The highest BCUT2D eigenvalue weighted by molar-refractivity contribution is 5.77. The third kappa shape index (κ3) is 2.95. The van der Waals surface area contributed by atoms with E-state index >= 15 is 0 Å². The Bertz CT molecular complexity index is 501. The summed E-state index contributed by atoms with van der Waals surface area (Å²) in [6.45, 7) is 1.21. The van der Waals surface area contributed by atoms with Crippen LogP contribution in [-0.4, -0.2) is 36.1 Å². The second-order valence-corrected chi connectivity index (χ2v) is 5.21. The third-order valence-corrected chi connectivity index (χ3v) is 3.77. The van der Waals surface area contributed by atoms with Crippen molar-refractivity contribution in [2.24, 2.45) is 5.92 Å². The van der Waals surface area contributed by atoms with Crippen LogP contribution in [0.1, 0.15) is 23.5 Å². The number of alkyl halides is 3. The van der Waals surface area contributed by atoms with Crippen molar-refractivity contribution >= 4 is 5.97 Å². The number of hydrogen-bond acceptors (Lipinski definition) is 2. The normalized spacial score (nSPS) is 21.9. The lowest BCUT2D eigenvalue weighted by Crippen LogP contribution is -2.26. The summed E-state index contributed by atoms with van der Waals surface area (Å²) in [7, 11) is 1.84. The molecule has 0 aromatic heterocycles. The number of hydrogen-bond donors (Lipinski definition) is 1. The van der Waals surface area contributed by atoms with Crippen molar-refractivity contribution in [2.45, 2.75) is 18.5 Å². The van der Waals surface area contributed by atoms with Gasteiger partial charge in [-0.1, -0.05) is 18.2 Å². The van der Waals surface area contributed by atoms with E-state index in [1.165, 1.54) is 18.2 Å². The fourth-order valence-electron chi connectivity index (χ4n) is 2.86. The van der Waals surface area contributed by atoms with Crippen molar-refractivity contribution in [3.05, 3.63) is 35.4 Å². The molecule has 0 amide bonds. The molecule has 0 bridgehead atoms. The number of aliphatic carboxylic acids is 1. The summed E-state index contributed by atoms with van der Waals surface area (Å²) in [5.41, 5.74) is -0.977. The highest BCUT2D eigenvalue weighted by Crippen LogP contribution is 2.39. The summed E-state index contributed by atoms with van der Waals surface area (Å²) in [6.07, 6.45) is -3.94. The second kappa shape index (κ2) is 5.44. The lowest BCUT2D eigenvalue weighted by molar-refractivity contribution is -0.142. The van der Waals surface area contributed by atoms with Gasteiger partial charge in [-0.15, -0.1) is 0 Å². The second-order valence-electron chi connectivity index (χ2n) is 5.21. The molecular weight excluding hydrogens is 271 g/mol. The van der Waals surface area contributed by atoms with E-state index < -0.39 is 23.6 Å². The molecule has 0 aliphatic carbocycles. The van der Waals surface area contributed by atoms with Crippen LogP contribution in [0.2, 0.25) is 0 Å². The molecule has 3 nitrogen and oxygen atoms in total. The van der Waals surface area contributed by atoms with Gasteiger partial charge in [0, 0.05) is 6.54 Å². The number of carboxylic acids is 1. The Balaban J connectivity index is 2.43. The molecule has 20 heavy (non-hydrogen) atoms. The van der Waals surface area contributed by atoms with Gasteiger partial charge in [-0.3, -0.25) is 4.79 Å². The molecule has 2 rings (SSSR count). The summed E-state index contributed by atoms with van der Waals surface area (Å²) in [5.74, 6) is -2.60. The van der Waals surface area contributed by atoms with E-state index in [1.807, 2.05) is 11.9 Å². The van der Waals surface area contributed by atoms with Gasteiger partial charge in [0.2, 0.25) is 0 Å². The molecule has 110 valence electrons. The smallest absolute Gasteiger partial charge is 0.416 e. The van der Waals surface area contributed by atoms with Gasteiger partial charge >= 0.3 is 12.1 Å². The number of carboxylic acid groups (broad SMARTS) is 1. The first kappa shape index (κ1) is 14.8. The van der Waals surface area contributed by atoms with Crippen LogP contribution in [0.3, 0.4) is 0 Å². The maximum Gasteiger partial charge on any atom is 0.416 e. The fraction of sp³-hybridized carbons (Fsp3) is 0.500. The van der Waals surface area contributed by atoms with Crippen molar-refractivity contribution in [1.82, 2.24) is 4.90 Å². The molecule has 2 unspecified atom stereocenters. The van der Waals surface area contributed by atoms with Gasteiger partial charge in [0.15, 0.2) is 0 Å². The van der Waals surface area contributed by atoms with E-state index in [1.54, 1.807) is 0 Å². The molecule has 1 aromatic rings. The predicted molar refractivity (Wildman–Crippen MR) is 67.4 cm³/mol. The van der Waals surface area contributed by atoms with Crippen molar-refractivity contribution in [1.29, 1.82) is 0 Å². The maximum atomic E-state index is 13.0. The van der Waals surface area contributed by atoms with Gasteiger partial charge in [-0.2, -0.15) is 13.2 Å². The number of carbonyl (C=O) groups is 1. The summed E-state index contributed by atoms with van der Waals surface area (Å²) >= 11 is 0. The van der Waals surface area contributed by atoms with Gasteiger partial charge in [0.25, 0.3) is 0 Å². The molecule has 2 atom stereocenters. The average Bonchev–Trinajstić information content (AvgIpc) is 2.75. The summed E-state index contributed by atoms with van der Waals surface area (Å²) in [5, 5.41) is 9.38. The van der Waals surface area contributed by atoms with E-state index in [0.717, 1.165) is 6.07 Å². The third-order valence-electron chi connectivity index (χ3n) is 3.77. The predicted octanol–water partition coefficient (Wildman–Crippen LogP) is 2.83. The lowest BCUT2D eigenvalue weighted by Gasteiger charge is -2.23. The number of nitrogens with zero attached hydrogens (tertiary/aromatic N) is 1. The molecular formula is C14H16F3NO2. The highest BCUT2D eigenvalue weighted by Gasteiger charge is 2.40. The highest BCUT2D eigenvalue weighted by atomic mass is 19.4. The average molecular weight is 287 g/mol. The number of benzene rings is 1. The zero-order chi connectivity index (χ0) is 14.9. The quantitative estimate of drug-likeness (QED) is 0.929. The Morgan fingerprint density at radius 1 is 1.40 bits per heavy atom. The first-order chi connectivity index (χ1) is 9.30. The van der Waals surface area contributed by atoms with E-state index in [4.69, 9.17) is 0 Å². The molecule has 1 aromatic carbocycles. The Labute approximate surface area is 115 Å². The van der Waals surface area contributed by atoms with Crippen molar-refractivity contribution in [2.75, 3.05) is 20.1 Å². The van der Waals surface area contributed by atoms with Gasteiger partial charge in [0.05, 0.1) is 11.5 Å². The zero-order valence-electron chi connectivity index (χ0n) is 11.0. The zero-order valence-corrected chi connectivity index (χ0v) is 11.0. The van der Waals surface area contributed by atoms with Crippen LogP contribution in [0.15, 0.2) is 24.3 Å². The molecule has 1 saturated heterocycles. The summed E-state index contributed by atoms with van der Waals surface area (Å²) < 4.78 is 39.1. The number of rotatable bonds is 3. The van der Waals surface area contributed by atoms with Crippen LogP contribution in [0.4, 0.5) is 13.2 Å². The van der Waals surface area contributed by atoms with Crippen LogP contribution in [0.5, 0.6) is 0 Å². The standard InChI is InChI=1S/C14H16F3NO2/c1-18-7-6-9(8-18)12(13(19)20)10-4-2-3-5-11(10)14(15,16)17/h2-5,9,12H,6-8H2,1H3,(H,19,20). The van der Waals surface area contributed by atoms with Crippen molar-refractivity contribution in [3.63, 3.8) is 0 Å². The van der Waals surface area contributed by atoms with E-state index in [0.29, 0.717) is 19.5 Å². The number of halogens is 3. The molecule has 0 radical (unpaired) electrons. The topological polar surface area (TPSA) is 40.5 Å². The van der Waals surface area contributed by atoms with Gasteiger partial charge in [0.1, 0.15) is 0 Å². The molecule has 6 heteroatoms. The molecule has 1 fully saturated rings. The molecule has 1 N–H and O–H groups in total. The van der Waals surface area contributed by atoms with Crippen LogP contribution >= 0.6 is 0 Å². The van der Waals surface area contributed by atoms with Crippen LogP contribution < -0.4 is 0 Å². The first-order valence-electron chi connectivity index (χ1n) is 6.38. The SMILES string of the molecule is CN1CCC(C(C(=O)O)c2ccccc2C(F)(F)F)C1. The Hall–Kier alpha value is -1.56. The van der Waals surface area contributed by atoms with Crippen LogP contribution in [0.25, 0.3) is 0 Å². The van der Waals surface area contributed by atoms with Crippen LogP contribution in [0, 0.1) is 5.92 Å². The first-order valence-corrected chi connectivity index (χ1v) is 6.38. The van der Waals surface area contributed by atoms with Gasteiger partial charge < -0.3 is 10.0 Å². The Morgan fingerprint density at radius 2 is 2.05 bits per heavy atom. The fourth-order valence-corrected chi connectivity index (χ4v) is 2.86. The number of likely N-dealkylation sites (tertiary alicyclic amines) is 1. The molecule has 0 saturated carbocycles. The molecule has 0 spiro atoms. The van der Waals surface area contributed by atoms with E-state index in [2.05, 4.69) is 0 Å². The minimum atomic E-state index is -4.53. The van der Waals surface area contributed by atoms with E-state index in [9.17, 15) is 23.1 Å². The Morgan fingerprint density at radius 3 is 2.55 bits per heavy atom. The largest absolute Gasteiger partial charge is 0.481 e. The summed E-state index contributed by atoms with van der Waals surface area (Å²) in [4.78, 5) is 13.4. The minimum Gasteiger partial charge on any atom is -0.481 e. The van der Waals surface area contributed by atoms with Crippen LogP contribution in [-0.2, 0) is 11.0 Å². The van der Waals surface area contributed by atoms with E-state index in [-0.39, 0.29) is 11.5 Å². The van der Waals surface area contributed by atoms with Crippen molar-refractivity contribution in [3.8, 4) is 0 Å². The lowest BCUT2D eigenvalue weighted by atomic mass is 9.83. The monoisotopic (exact) mass is 287 g/mol. The molecule has 1 aliphatic heterocycles.